The number of hydrogen-bond acceptors (Lipinski definition) is 4. The zero-order chi connectivity index (χ0) is 22.6. The second-order valence-corrected chi connectivity index (χ2v) is 8.47. The first-order valence-electron chi connectivity index (χ1n) is 11.5. The Hall–Kier alpha value is -2.37. The van der Waals surface area contributed by atoms with Gasteiger partial charge in [-0.25, -0.2) is 0 Å². The van der Waals surface area contributed by atoms with Gasteiger partial charge in [0.05, 0.1) is 18.1 Å². The van der Waals surface area contributed by atoms with Crippen LogP contribution in [-0.4, -0.2) is 31.1 Å². The molecule has 0 spiro atoms. The average Bonchev–Trinajstić information content (AvgIpc) is 2.77. The van der Waals surface area contributed by atoms with E-state index in [1.807, 2.05) is 68.4 Å². The molecule has 0 radical (unpaired) electrons. The highest BCUT2D eigenvalue weighted by molar-refractivity contribution is 5.83. The number of ether oxygens (including phenoxy) is 1. The third-order valence-corrected chi connectivity index (χ3v) is 5.41. The Balaban J connectivity index is 2.07. The molecule has 0 fully saturated rings. The molecular formula is C26H39N3O2. The van der Waals surface area contributed by atoms with E-state index >= 15 is 0 Å². The molecule has 0 aromatic heterocycles. The number of carbonyl (C=O) groups is 1. The Morgan fingerprint density at radius 1 is 0.968 bits per heavy atom. The lowest BCUT2D eigenvalue weighted by molar-refractivity contribution is -0.123. The lowest BCUT2D eigenvalue weighted by Crippen LogP contribution is -2.40. The van der Waals surface area contributed by atoms with E-state index in [1.165, 1.54) is 6.42 Å². The van der Waals surface area contributed by atoms with Gasteiger partial charge in [-0.1, -0.05) is 62.2 Å². The molecule has 0 aliphatic heterocycles. The normalized spacial score (nSPS) is 15.0. The number of nitrogens with two attached hydrogens (primary N) is 1. The monoisotopic (exact) mass is 425 g/mol. The minimum absolute atomic E-state index is 0.00677. The second kappa shape index (κ2) is 13.1. The molecule has 1 amide bonds. The molecule has 0 heterocycles. The number of benzene rings is 2. The molecule has 4 atom stereocenters. The largest absolute Gasteiger partial charge is 0.491 e. The fourth-order valence-corrected chi connectivity index (χ4v) is 3.46. The van der Waals surface area contributed by atoms with E-state index in [2.05, 4.69) is 24.5 Å². The second-order valence-electron chi connectivity index (χ2n) is 8.47. The van der Waals surface area contributed by atoms with E-state index in [-0.39, 0.29) is 30.0 Å². The third-order valence-electron chi connectivity index (χ3n) is 5.41. The predicted octanol–water partition coefficient (Wildman–Crippen LogP) is 4.54. The van der Waals surface area contributed by atoms with Crippen LogP contribution in [0.4, 0.5) is 0 Å². The Morgan fingerprint density at radius 2 is 1.65 bits per heavy atom. The lowest BCUT2D eigenvalue weighted by Gasteiger charge is -2.23. The summed E-state index contributed by atoms with van der Waals surface area (Å²) in [4.78, 5) is 12.9. The Morgan fingerprint density at radius 3 is 2.26 bits per heavy atom. The Labute approximate surface area is 187 Å². The molecule has 0 bridgehead atoms. The molecule has 0 aliphatic rings. The van der Waals surface area contributed by atoms with Gasteiger partial charge in [-0.3, -0.25) is 4.79 Å². The maximum absolute atomic E-state index is 12.9. The van der Waals surface area contributed by atoms with Crippen LogP contribution in [0.25, 0.3) is 0 Å². The van der Waals surface area contributed by atoms with Crippen LogP contribution in [0, 0.1) is 0 Å². The zero-order valence-electron chi connectivity index (χ0n) is 19.4. The van der Waals surface area contributed by atoms with E-state index in [0.717, 1.165) is 29.7 Å². The van der Waals surface area contributed by atoms with Crippen LogP contribution in [0.5, 0.6) is 5.75 Å². The van der Waals surface area contributed by atoms with Crippen molar-refractivity contribution in [1.82, 2.24) is 10.6 Å². The first-order chi connectivity index (χ1) is 14.9. The van der Waals surface area contributed by atoms with Crippen LogP contribution < -0.4 is 21.1 Å². The number of hydrogen-bond donors (Lipinski definition) is 3. The van der Waals surface area contributed by atoms with E-state index in [1.54, 1.807) is 0 Å². The predicted molar refractivity (Wildman–Crippen MR) is 128 cm³/mol. The van der Waals surface area contributed by atoms with Gasteiger partial charge in [-0.2, -0.15) is 0 Å². The van der Waals surface area contributed by atoms with E-state index < -0.39 is 0 Å². The summed E-state index contributed by atoms with van der Waals surface area (Å²) in [6.45, 7) is 9.50. The van der Waals surface area contributed by atoms with E-state index in [4.69, 9.17) is 10.5 Å². The number of carbonyl (C=O) groups excluding carboxylic acids is 1. The zero-order valence-corrected chi connectivity index (χ0v) is 19.4. The van der Waals surface area contributed by atoms with Crippen LogP contribution in [0.1, 0.15) is 70.0 Å². The quantitative estimate of drug-likeness (QED) is 0.440. The van der Waals surface area contributed by atoms with Crippen molar-refractivity contribution in [3.8, 4) is 5.75 Å². The van der Waals surface area contributed by atoms with Crippen LogP contribution in [0.15, 0.2) is 54.6 Å². The molecule has 2 aromatic carbocycles. The molecule has 0 saturated carbocycles. The summed E-state index contributed by atoms with van der Waals surface area (Å²) in [6, 6.07) is 17.8. The molecule has 4 N–H and O–H groups in total. The van der Waals surface area contributed by atoms with Crippen molar-refractivity contribution in [2.75, 3.05) is 13.1 Å². The molecule has 5 heteroatoms. The minimum atomic E-state index is -0.223. The van der Waals surface area contributed by atoms with Gasteiger partial charge in [0.15, 0.2) is 0 Å². The summed E-state index contributed by atoms with van der Waals surface area (Å²) >= 11 is 0. The van der Waals surface area contributed by atoms with E-state index in [0.29, 0.717) is 13.1 Å². The molecule has 170 valence electrons. The molecule has 0 aliphatic carbocycles. The Kier molecular flexibility index (Phi) is 10.5. The summed E-state index contributed by atoms with van der Waals surface area (Å²) in [6.07, 6.45) is 3.58. The van der Waals surface area contributed by atoms with Crippen molar-refractivity contribution in [2.24, 2.45) is 5.73 Å². The highest BCUT2D eigenvalue weighted by atomic mass is 16.5. The van der Waals surface area contributed by atoms with Gasteiger partial charge in [-0.15, -0.1) is 0 Å². The average molecular weight is 426 g/mol. The van der Waals surface area contributed by atoms with Crippen molar-refractivity contribution in [3.05, 3.63) is 65.7 Å². The molecule has 4 unspecified atom stereocenters. The number of unbranched alkanes of at least 4 members (excludes halogenated alkanes) is 1. The first-order valence-corrected chi connectivity index (χ1v) is 11.5. The molecule has 5 nitrogen and oxygen atoms in total. The van der Waals surface area contributed by atoms with Gasteiger partial charge in [0.2, 0.25) is 5.91 Å². The topological polar surface area (TPSA) is 76.4 Å². The van der Waals surface area contributed by atoms with E-state index in [9.17, 15) is 4.79 Å². The van der Waals surface area contributed by atoms with Crippen molar-refractivity contribution < 1.29 is 9.53 Å². The van der Waals surface area contributed by atoms with Crippen LogP contribution >= 0.6 is 0 Å². The molecule has 0 saturated heterocycles. The van der Waals surface area contributed by atoms with Crippen LogP contribution in [-0.2, 0) is 4.79 Å². The molecule has 2 aromatic rings. The summed E-state index contributed by atoms with van der Waals surface area (Å²) in [5.41, 5.74) is 7.92. The maximum Gasteiger partial charge on any atom is 0.227 e. The van der Waals surface area contributed by atoms with Crippen molar-refractivity contribution in [3.63, 3.8) is 0 Å². The van der Waals surface area contributed by atoms with Gasteiger partial charge in [0.25, 0.3) is 0 Å². The maximum atomic E-state index is 12.9. The van der Waals surface area contributed by atoms with Crippen LogP contribution in [0.2, 0.25) is 0 Å². The Bertz CT molecular complexity index is 762. The lowest BCUT2D eigenvalue weighted by atomic mass is 9.99. The van der Waals surface area contributed by atoms with Gasteiger partial charge in [-0.05, 0) is 50.5 Å². The summed E-state index contributed by atoms with van der Waals surface area (Å²) in [5.74, 6) is 0.644. The van der Waals surface area contributed by atoms with Gasteiger partial charge in [0, 0.05) is 19.1 Å². The summed E-state index contributed by atoms with van der Waals surface area (Å²) in [5, 5.41) is 6.58. The van der Waals surface area contributed by atoms with Gasteiger partial charge < -0.3 is 21.1 Å². The molecule has 2 rings (SSSR count). The van der Waals surface area contributed by atoms with Gasteiger partial charge in [0.1, 0.15) is 5.75 Å². The standard InChI is InChI=1S/C26H39N3O2/c1-5-6-10-20(3)31-24-15-13-23(14-16-24)25(18-28-17-19(2)27)29-26(30)21(4)22-11-8-7-9-12-22/h7-9,11-16,19-21,25,28H,5-6,10,17-18,27H2,1-4H3,(H,29,30). The fourth-order valence-electron chi connectivity index (χ4n) is 3.46. The molecule has 31 heavy (non-hydrogen) atoms. The summed E-state index contributed by atoms with van der Waals surface area (Å²) in [7, 11) is 0. The first kappa shape index (κ1) is 24.9. The number of rotatable bonds is 13. The highest BCUT2D eigenvalue weighted by Crippen LogP contribution is 2.22. The smallest absolute Gasteiger partial charge is 0.227 e. The van der Waals surface area contributed by atoms with Crippen molar-refractivity contribution >= 4 is 5.91 Å². The highest BCUT2D eigenvalue weighted by Gasteiger charge is 2.20. The number of nitrogens with one attached hydrogen (secondary N) is 2. The SMILES string of the molecule is CCCCC(C)Oc1ccc(C(CNCC(C)N)NC(=O)C(C)c2ccccc2)cc1. The van der Waals surface area contributed by atoms with Crippen molar-refractivity contribution in [1.29, 1.82) is 0 Å². The number of amides is 1. The molecular weight excluding hydrogens is 386 g/mol. The fraction of sp³-hybridized carbons (Fsp3) is 0.500. The van der Waals surface area contributed by atoms with Gasteiger partial charge >= 0.3 is 0 Å². The third kappa shape index (κ3) is 8.72. The van der Waals surface area contributed by atoms with Crippen molar-refractivity contribution in [2.45, 2.75) is 71.1 Å². The van der Waals surface area contributed by atoms with Crippen LogP contribution in [0.3, 0.4) is 0 Å². The minimum Gasteiger partial charge on any atom is -0.491 e. The summed E-state index contributed by atoms with van der Waals surface area (Å²) < 4.78 is 6.02.